The summed E-state index contributed by atoms with van der Waals surface area (Å²) < 4.78 is 0. The van der Waals surface area contributed by atoms with Crippen LogP contribution in [0.5, 0.6) is 0 Å². The third-order valence-electron chi connectivity index (χ3n) is 6.67. The standard InChI is InChI=1S/C25H33N3O/c1-2-23-10-6-7-13-28(23)24-17-22(18-26-19-24)25(29)27-14-11-21(12-15-27)16-20-8-4-3-5-9-20/h3-5,8-9,17-19,21,23H,2,6-7,10-16H2,1H3. The average molecular weight is 392 g/mol. The molecule has 154 valence electrons. The molecule has 2 saturated heterocycles. The third kappa shape index (κ3) is 4.80. The fourth-order valence-corrected chi connectivity index (χ4v) is 4.94. The maximum Gasteiger partial charge on any atom is 0.255 e. The molecular weight excluding hydrogens is 358 g/mol. The zero-order chi connectivity index (χ0) is 20.1. The molecule has 3 heterocycles. The number of rotatable bonds is 5. The van der Waals surface area contributed by atoms with Gasteiger partial charge in [-0.1, -0.05) is 37.3 Å². The molecular formula is C25H33N3O. The van der Waals surface area contributed by atoms with Crippen molar-refractivity contribution in [2.24, 2.45) is 5.92 Å². The summed E-state index contributed by atoms with van der Waals surface area (Å²) in [4.78, 5) is 22.0. The van der Waals surface area contributed by atoms with Crippen LogP contribution in [0.15, 0.2) is 48.8 Å². The third-order valence-corrected chi connectivity index (χ3v) is 6.67. The minimum atomic E-state index is 0.141. The molecule has 0 aliphatic carbocycles. The number of nitrogens with zero attached hydrogens (tertiary/aromatic N) is 3. The van der Waals surface area contributed by atoms with Crippen LogP contribution in [0.4, 0.5) is 5.69 Å². The van der Waals surface area contributed by atoms with E-state index in [0.29, 0.717) is 12.0 Å². The van der Waals surface area contributed by atoms with Gasteiger partial charge in [0.1, 0.15) is 0 Å². The summed E-state index contributed by atoms with van der Waals surface area (Å²) in [5, 5.41) is 0. The minimum Gasteiger partial charge on any atom is -0.367 e. The van der Waals surface area contributed by atoms with Gasteiger partial charge in [0.2, 0.25) is 0 Å². The molecule has 0 bridgehead atoms. The van der Waals surface area contributed by atoms with E-state index in [1.165, 1.54) is 24.8 Å². The predicted octanol–water partition coefficient (Wildman–Crippen LogP) is 4.95. The molecule has 1 atom stereocenters. The number of benzene rings is 1. The molecule has 1 aromatic heterocycles. The van der Waals surface area contributed by atoms with Crippen LogP contribution in [0, 0.1) is 5.92 Å². The molecule has 2 aliphatic rings. The second kappa shape index (κ2) is 9.43. The maximum atomic E-state index is 13.1. The number of anilines is 1. The number of piperidine rings is 2. The fourth-order valence-electron chi connectivity index (χ4n) is 4.94. The van der Waals surface area contributed by atoms with Crippen LogP contribution < -0.4 is 4.90 Å². The molecule has 0 radical (unpaired) electrons. The van der Waals surface area contributed by atoms with Crippen LogP contribution in [-0.4, -0.2) is 41.5 Å². The minimum absolute atomic E-state index is 0.141. The highest BCUT2D eigenvalue weighted by Crippen LogP contribution is 2.28. The molecule has 2 aromatic rings. The first-order chi connectivity index (χ1) is 14.2. The number of hydrogen-bond acceptors (Lipinski definition) is 3. The van der Waals surface area contributed by atoms with Crippen molar-refractivity contribution in [3.63, 3.8) is 0 Å². The number of pyridine rings is 1. The quantitative estimate of drug-likeness (QED) is 0.724. The molecule has 0 saturated carbocycles. The van der Waals surface area contributed by atoms with Crippen molar-refractivity contribution in [2.75, 3.05) is 24.5 Å². The molecule has 2 aliphatic heterocycles. The van der Waals surface area contributed by atoms with E-state index in [4.69, 9.17) is 0 Å². The Morgan fingerprint density at radius 2 is 1.83 bits per heavy atom. The van der Waals surface area contributed by atoms with Crippen molar-refractivity contribution >= 4 is 11.6 Å². The monoisotopic (exact) mass is 391 g/mol. The predicted molar refractivity (Wildman–Crippen MR) is 118 cm³/mol. The van der Waals surface area contributed by atoms with E-state index < -0.39 is 0 Å². The largest absolute Gasteiger partial charge is 0.367 e. The van der Waals surface area contributed by atoms with Gasteiger partial charge in [0.05, 0.1) is 17.4 Å². The van der Waals surface area contributed by atoms with Crippen LogP contribution in [-0.2, 0) is 6.42 Å². The highest BCUT2D eigenvalue weighted by atomic mass is 16.2. The first kappa shape index (κ1) is 19.9. The van der Waals surface area contributed by atoms with Gasteiger partial charge in [-0.25, -0.2) is 0 Å². The summed E-state index contributed by atoms with van der Waals surface area (Å²) >= 11 is 0. The Morgan fingerprint density at radius 3 is 2.59 bits per heavy atom. The summed E-state index contributed by atoms with van der Waals surface area (Å²) in [5.74, 6) is 0.812. The van der Waals surface area contributed by atoms with Crippen molar-refractivity contribution in [1.29, 1.82) is 0 Å². The Hall–Kier alpha value is -2.36. The highest BCUT2D eigenvalue weighted by molar-refractivity contribution is 5.94. The van der Waals surface area contributed by atoms with E-state index in [1.807, 2.05) is 11.1 Å². The number of carbonyl (C=O) groups excluding carboxylic acids is 1. The Balaban J connectivity index is 1.37. The van der Waals surface area contributed by atoms with Gasteiger partial charge in [-0.15, -0.1) is 0 Å². The molecule has 1 amide bonds. The van der Waals surface area contributed by atoms with E-state index in [0.717, 1.165) is 56.6 Å². The van der Waals surface area contributed by atoms with Crippen LogP contribution >= 0.6 is 0 Å². The van der Waals surface area contributed by atoms with Crippen molar-refractivity contribution in [1.82, 2.24) is 9.88 Å². The van der Waals surface area contributed by atoms with Crippen LogP contribution in [0.25, 0.3) is 0 Å². The van der Waals surface area contributed by atoms with Crippen LogP contribution in [0.2, 0.25) is 0 Å². The van der Waals surface area contributed by atoms with Gasteiger partial charge in [-0.2, -0.15) is 0 Å². The van der Waals surface area contributed by atoms with E-state index in [9.17, 15) is 4.79 Å². The van der Waals surface area contributed by atoms with Crippen molar-refractivity contribution in [2.45, 2.75) is 57.9 Å². The van der Waals surface area contributed by atoms with Crippen molar-refractivity contribution in [3.8, 4) is 0 Å². The van der Waals surface area contributed by atoms with Gasteiger partial charge in [0.15, 0.2) is 0 Å². The molecule has 2 fully saturated rings. The molecule has 29 heavy (non-hydrogen) atoms. The molecule has 4 nitrogen and oxygen atoms in total. The summed E-state index contributed by atoms with van der Waals surface area (Å²) in [6.07, 6.45) is 11.9. The Bertz CT molecular complexity index is 799. The first-order valence-corrected chi connectivity index (χ1v) is 11.3. The van der Waals surface area contributed by atoms with Crippen molar-refractivity contribution < 1.29 is 4.79 Å². The number of likely N-dealkylation sites (tertiary alicyclic amines) is 1. The lowest BCUT2D eigenvalue weighted by molar-refractivity contribution is 0.0690. The van der Waals surface area contributed by atoms with Gasteiger partial charge in [-0.3, -0.25) is 9.78 Å². The van der Waals surface area contributed by atoms with Gasteiger partial charge >= 0.3 is 0 Å². The Labute approximate surface area is 174 Å². The molecule has 0 spiro atoms. The Morgan fingerprint density at radius 1 is 1.03 bits per heavy atom. The molecule has 4 heteroatoms. The zero-order valence-corrected chi connectivity index (χ0v) is 17.6. The SMILES string of the molecule is CCC1CCCCN1c1cncc(C(=O)N2CCC(Cc3ccccc3)CC2)c1. The number of amides is 1. The van der Waals surface area contributed by atoms with Crippen LogP contribution in [0.1, 0.15) is 61.4 Å². The lowest BCUT2D eigenvalue weighted by Crippen LogP contribution is -2.40. The lowest BCUT2D eigenvalue weighted by atomic mass is 9.90. The van der Waals surface area contributed by atoms with Gasteiger partial charge in [0.25, 0.3) is 5.91 Å². The smallest absolute Gasteiger partial charge is 0.255 e. The summed E-state index contributed by atoms with van der Waals surface area (Å²) in [5.41, 5.74) is 3.26. The molecule has 1 unspecified atom stereocenters. The Kier molecular flexibility index (Phi) is 6.48. The lowest BCUT2D eigenvalue weighted by Gasteiger charge is -2.37. The normalized spacial score (nSPS) is 20.7. The second-order valence-corrected chi connectivity index (χ2v) is 8.61. The zero-order valence-electron chi connectivity index (χ0n) is 17.6. The maximum absolute atomic E-state index is 13.1. The summed E-state index contributed by atoms with van der Waals surface area (Å²) in [6, 6.07) is 13.3. The van der Waals surface area contributed by atoms with E-state index in [2.05, 4.69) is 53.2 Å². The molecule has 4 rings (SSSR count). The second-order valence-electron chi connectivity index (χ2n) is 8.61. The van der Waals surface area contributed by atoms with Gasteiger partial charge in [0, 0.05) is 31.9 Å². The van der Waals surface area contributed by atoms with Gasteiger partial charge in [-0.05, 0) is 62.5 Å². The topological polar surface area (TPSA) is 36.4 Å². The molecule has 1 aromatic carbocycles. The fraction of sp³-hybridized carbons (Fsp3) is 0.520. The van der Waals surface area contributed by atoms with E-state index in [-0.39, 0.29) is 5.91 Å². The number of hydrogen-bond donors (Lipinski definition) is 0. The first-order valence-electron chi connectivity index (χ1n) is 11.3. The number of carbonyl (C=O) groups is 1. The summed E-state index contributed by atoms with van der Waals surface area (Å²) in [7, 11) is 0. The van der Waals surface area contributed by atoms with E-state index in [1.54, 1.807) is 6.20 Å². The van der Waals surface area contributed by atoms with E-state index >= 15 is 0 Å². The number of aromatic nitrogens is 1. The average Bonchev–Trinajstić information content (AvgIpc) is 2.80. The molecule has 0 N–H and O–H groups in total. The van der Waals surface area contributed by atoms with Crippen LogP contribution in [0.3, 0.4) is 0 Å². The highest BCUT2D eigenvalue weighted by Gasteiger charge is 2.26. The van der Waals surface area contributed by atoms with Crippen molar-refractivity contribution in [3.05, 3.63) is 59.9 Å². The summed E-state index contributed by atoms with van der Waals surface area (Å²) in [6.45, 7) is 5.03. The van der Waals surface area contributed by atoms with Gasteiger partial charge < -0.3 is 9.80 Å².